The van der Waals surface area contributed by atoms with E-state index < -0.39 is 6.16 Å². The zero-order valence-corrected chi connectivity index (χ0v) is 19.7. The van der Waals surface area contributed by atoms with Crippen molar-refractivity contribution in [3.63, 3.8) is 0 Å². The average molecular weight is 435 g/mol. The number of carbonyl (C=O) groups is 2. The monoisotopic (exact) mass is 434 g/mol. The molecule has 5 nitrogen and oxygen atoms in total. The van der Waals surface area contributed by atoms with Crippen LogP contribution in [0.25, 0.3) is 0 Å². The van der Waals surface area contributed by atoms with Crippen LogP contribution in [0.3, 0.4) is 0 Å². The molecule has 0 aromatic carbocycles. The van der Waals surface area contributed by atoms with Crippen LogP contribution in [0.1, 0.15) is 85.0 Å². The molecule has 5 heteroatoms. The molecule has 176 valence electrons. The molecule has 4 fully saturated rings. The van der Waals surface area contributed by atoms with Gasteiger partial charge in [0, 0.05) is 18.9 Å². The Balaban J connectivity index is 1.43. The highest BCUT2D eigenvalue weighted by Gasteiger charge is 2.58. The molecule has 4 aliphatic rings. The van der Waals surface area contributed by atoms with Crippen molar-refractivity contribution < 1.29 is 24.2 Å². The molecule has 0 aliphatic heterocycles. The normalized spacial score (nSPS) is 44.4. The first-order valence-corrected chi connectivity index (χ1v) is 12.8. The molecule has 0 saturated heterocycles. The Morgan fingerprint density at radius 2 is 1.84 bits per heavy atom. The fraction of sp³-hybridized carbons (Fsp3) is 0.923. The Morgan fingerprint density at radius 1 is 1.03 bits per heavy atom. The minimum absolute atomic E-state index is 0.0216. The van der Waals surface area contributed by atoms with Crippen LogP contribution in [0.2, 0.25) is 0 Å². The first-order valence-electron chi connectivity index (χ1n) is 12.8. The zero-order valence-electron chi connectivity index (χ0n) is 19.7. The summed E-state index contributed by atoms with van der Waals surface area (Å²) < 4.78 is 10.8. The first kappa shape index (κ1) is 23.1. The van der Waals surface area contributed by atoms with Crippen LogP contribution in [0.4, 0.5) is 4.79 Å². The quantitative estimate of drug-likeness (QED) is 0.464. The summed E-state index contributed by atoms with van der Waals surface area (Å²) in [6, 6.07) is 0. The molecule has 0 spiro atoms. The van der Waals surface area contributed by atoms with Crippen molar-refractivity contribution in [3.8, 4) is 0 Å². The number of hydrogen-bond acceptors (Lipinski definition) is 5. The summed E-state index contributed by atoms with van der Waals surface area (Å²) in [6.07, 6.45) is 10.1. The molecule has 4 unspecified atom stereocenters. The van der Waals surface area contributed by atoms with E-state index in [0.717, 1.165) is 43.4 Å². The van der Waals surface area contributed by atoms with Crippen LogP contribution in [0, 0.1) is 46.8 Å². The summed E-state index contributed by atoms with van der Waals surface area (Å²) in [5.74, 6) is 4.95. The molecular formula is C26H42O5. The topological polar surface area (TPSA) is 72.8 Å². The third kappa shape index (κ3) is 4.41. The third-order valence-electron chi connectivity index (χ3n) is 9.84. The zero-order chi connectivity index (χ0) is 22.2. The van der Waals surface area contributed by atoms with Gasteiger partial charge in [0.25, 0.3) is 0 Å². The summed E-state index contributed by atoms with van der Waals surface area (Å²) in [6.45, 7) is 6.89. The van der Waals surface area contributed by atoms with E-state index in [1.54, 1.807) is 0 Å². The van der Waals surface area contributed by atoms with Gasteiger partial charge in [-0.1, -0.05) is 13.8 Å². The molecule has 0 amide bonds. The number of ether oxygens (including phenoxy) is 2. The molecule has 0 bridgehead atoms. The first-order chi connectivity index (χ1) is 14.8. The van der Waals surface area contributed by atoms with Crippen LogP contribution in [0.15, 0.2) is 0 Å². The summed E-state index contributed by atoms with van der Waals surface area (Å²) in [5.41, 5.74) is 0.220. The Bertz CT molecular complexity index is 662. The highest BCUT2D eigenvalue weighted by Crippen LogP contribution is 2.64. The van der Waals surface area contributed by atoms with Crippen LogP contribution < -0.4 is 0 Å². The van der Waals surface area contributed by atoms with Crippen molar-refractivity contribution in [2.24, 2.45) is 46.8 Å². The van der Waals surface area contributed by atoms with E-state index in [9.17, 15) is 9.59 Å². The fourth-order valence-electron chi connectivity index (χ4n) is 8.58. The smallest absolute Gasteiger partial charge is 0.434 e. The Hall–Kier alpha value is -1.10. The van der Waals surface area contributed by atoms with Gasteiger partial charge >= 0.3 is 6.16 Å². The SMILES string of the molecule is CC(=O)[C@H]1CCC2[C@@H]3CCC4C[C@H](OC(=O)OCCCO)CC[C@@H](C)C4C3CC[C@@]21C. The maximum atomic E-state index is 12.3. The molecule has 0 aromatic rings. The largest absolute Gasteiger partial charge is 0.508 e. The predicted molar refractivity (Wildman–Crippen MR) is 118 cm³/mol. The molecule has 9 atom stereocenters. The summed E-state index contributed by atoms with van der Waals surface area (Å²) in [5, 5.41) is 8.86. The van der Waals surface area contributed by atoms with Gasteiger partial charge in [-0.25, -0.2) is 4.79 Å². The minimum atomic E-state index is -0.576. The third-order valence-corrected chi connectivity index (χ3v) is 9.84. The van der Waals surface area contributed by atoms with Crippen molar-refractivity contribution in [3.05, 3.63) is 0 Å². The van der Waals surface area contributed by atoms with Gasteiger partial charge in [0.05, 0.1) is 6.61 Å². The number of carbonyl (C=O) groups excluding carboxylic acids is 2. The van der Waals surface area contributed by atoms with E-state index in [1.807, 2.05) is 6.92 Å². The molecular weight excluding hydrogens is 392 g/mol. The van der Waals surface area contributed by atoms with E-state index in [-0.39, 0.29) is 30.7 Å². The van der Waals surface area contributed by atoms with Crippen LogP contribution in [-0.4, -0.2) is 36.4 Å². The van der Waals surface area contributed by atoms with E-state index in [2.05, 4.69) is 13.8 Å². The van der Waals surface area contributed by atoms with Crippen molar-refractivity contribution in [2.75, 3.05) is 13.2 Å². The van der Waals surface area contributed by atoms with Gasteiger partial charge in [-0.15, -0.1) is 0 Å². The van der Waals surface area contributed by atoms with Crippen LogP contribution in [0.5, 0.6) is 0 Å². The van der Waals surface area contributed by atoms with Gasteiger partial charge in [0.2, 0.25) is 0 Å². The number of aliphatic hydroxyl groups is 1. The number of aliphatic hydroxyl groups excluding tert-OH is 1. The lowest BCUT2D eigenvalue weighted by Gasteiger charge is -2.55. The molecule has 4 aliphatic carbocycles. The van der Waals surface area contributed by atoms with E-state index >= 15 is 0 Å². The lowest BCUT2D eigenvalue weighted by molar-refractivity contribution is -0.128. The lowest BCUT2D eigenvalue weighted by Crippen LogP contribution is -2.49. The second kappa shape index (κ2) is 9.41. The number of Topliss-reactive ketones (excluding diaryl/α,β-unsaturated/α-hetero) is 1. The number of rotatable bonds is 5. The number of ketones is 1. The molecule has 4 rings (SSSR count). The highest BCUT2D eigenvalue weighted by molar-refractivity contribution is 5.79. The summed E-state index contributed by atoms with van der Waals surface area (Å²) >= 11 is 0. The van der Waals surface area contributed by atoms with Crippen molar-refractivity contribution in [1.82, 2.24) is 0 Å². The van der Waals surface area contributed by atoms with Gasteiger partial charge in [-0.3, -0.25) is 4.79 Å². The Kier molecular flexibility index (Phi) is 7.00. The van der Waals surface area contributed by atoms with Gasteiger partial charge in [-0.2, -0.15) is 0 Å². The molecule has 31 heavy (non-hydrogen) atoms. The van der Waals surface area contributed by atoms with Crippen molar-refractivity contribution in [1.29, 1.82) is 0 Å². The molecule has 4 saturated carbocycles. The second-order valence-electron chi connectivity index (χ2n) is 11.3. The average Bonchev–Trinajstić information content (AvgIpc) is 3.01. The Labute approximate surface area is 187 Å². The van der Waals surface area contributed by atoms with E-state index in [4.69, 9.17) is 14.6 Å². The minimum Gasteiger partial charge on any atom is -0.434 e. The van der Waals surface area contributed by atoms with Gasteiger partial charge < -0.3 is 14.6 Å². The summed E-state index contributed by atoms with van der Waals surface area (Å²) in [4.78, 5) is 24.4. The number of hydrogen-bond donors (Lipinski definition) is 1. The molecule has 0 heterocycles. The standard InChI is InChI=1S/C26H42O5/c1-16-5-7-19(31-25(29)30-14-4-13-27)15-18-6-8-20-21(24(16)18)11-12-26(3)22(17(2)28)9-10-23(20)26/h16,18-24,27H,4-15H2,1-3H3/t16-,18?,19-,20-,21?,22-,23?,24?,26-/m1/s1. The maximum Gasteiger partial charge on any atom is 0.508 e. The van der Waals surface area contributed by atoms with E-state index in [1.165, 1.54) is 32.1 Å². The molecule has 0 radical (unpaired) electrons. The fourth-order valence-corrected chi connectivity index (χ4v) is 8.58. The Morgan fingerprint density at radius 3 is 2.58 bits per heavy atom. The van der Waals surface area contributed by atoms with Gasteiger partial charge in [-0.05, 0) is 106 Å². The van der Waals surface area contributed by atoms with E-state index in [0.29, 0.717) is 30.0 Å². The lowest BCUT2D eigenvalue weighted by atomic mass is 9.49. The van der Waals surface area contributed by atoms with Crippen LogP contribution >= 0.6 is 0 Å². The van der Waals surface area contributed by atoms with Crippen molar-refractivity contribution >= 4 is 11.9 Å². The predicted octanol–water partition coefficient (Wildman–Crippen LogP) is 5.38. The number of fused-ring (bicyclic) bond motifs is 5. The summed E-state index contributed by atoms with van der Waals surface area (Å²) in [7, 11) is 0. The van der Waals surface area contributed by atoms with Gasteiger partial charge in [0.15, 0.2) is 0 Å². The van der Waals surface area contributed by atoms with Gasteiger partial charge in [0.1, 0.15) is 11.9 Å². The highest BCUT2D eigenvalue weighted by atomic mass is 16.7. The molecule has 1 N–H and O–H groups in total. The second-order valence-corrected chi connectivity index (χ2v) is 11.3. The van der Waals surface area contributed by atoms with Crippen LogP contribution in [-0.2, 0) is 14.3 Å². The molecule has 0 aromatic heterocycles. The maximum absolute atomic E-state index is 12.3. The van der Waals surface area contributed by atoms with Crippen molar-refractivity contribution in [2.45, 2.75) is 91.1 Å².